The highest BCUT2D eigenvalue weighted by atomic mass is 16.2. The van der Waals surface area contributed by atoms with E-state index in [-0.39, 0.29) is 11.9 Å². The van der Waals surface area contributed by atoms with E-state index in [1.54, 1.807) is 0 Å². The summed E-state index contributed by atoms with van der Waals surface area (Å²) in [6.45, 7) is 12.6. The lowest BCUT2D eigenvalue weighted by Gasteiger charge is -2.30. The minimum absolute atomic E-state index is 0.0162. The van der Waals surface area contributed by atoms with Gasteiger partial charge in [0.05, 0.1) is 6.04 Å². The molecule has 0 saturated carbocycles. The van der Waals surface area contributed by atoms with E-state index in [9.17, 15) is 4.79 Å². The van der Waals surface area contributed by atoms with E-state index in [0.717, 1.165) is 25.8 Å². The Labute approximate surface area is 112 Å². The van der Waals surface area contributed by atoms with Crippen LogP contribution in [0.25, 0.3) is 0 Å². The van der Waals surface area contributed by atoms with Crippen molar-refractivity contribution >= 4 is 5.91 Å². The summed E-state index contributed by atoms with van der Waals surface area (Å²) < 4.78 is 0. The molecule has 108 valence electrons. The zero-order chi connectivity index (χ0) is 14.1. The Morgan fingerprint density at radius 2 is 1.78 bits per heavy atom. The Balaban J connectivity index is 3.81. The van der Waals surface area contributed by atoms with Gasteiger partial charge in [-0.2, -0.15) is 0 Å². The maximum absolute atomic E-state index is 11.6. The Bertz CT molecular complexity index is 221. The monoisotopic (exact) mass is 257 g/mol. The number of nitrogens with two attached hydrogens (primary N) is 1. The molecule has 0 spiro atoms. The van der Waals surface area contributed by atoms with Crippen LogP contribution in [0.15, 0.2) is 0 Å². The Morgan fingerprint density at radius 3 is 2.22 bits per heavy atom. The molecule has 1 amide bonds. The van der Waals surface area contributed by atoms with Crippen molar-refractivity contribution < 1.29 is 4.79 Å². The third kappa shape index (κ3) is 6.97. The highest BCUT2D eigenvalue weighted by Crippen LogP contribution is 2.05. The van der Waals surface area contributed by atoms with Gasteiger partial charge in [-0.1, -0.05) is 13.3 Å². The first-order chi connectivity index (χ1) is 8.40. The van der Waals surface area contributed by atoms with Crippen molar-refractivity contribution in [3.05, 3.63) is 0 Å². The van der Waals surface area contributed by atoms with Crippen LogP contribution in [0, 0.1) is 0 Å². The lowest BCUT2D eigenvalue weighted by Crippen LogP contribution is -2.42. The quantitative estimate of drug-likeness (QED) is 0.619. The Morgan fingerprint density at radius 1 is 1.22 bits per heavy atom. The second kappa shape index (κ2) is 9.34. The molecule has 1 atom stereocenters. The molecule has 0 aliphatic heterocycles. The van der Waals surface area contributed by atoms with E-state index >= 15 is 0 Å². The standard InChI is InChI=1S/C14H31N3O/c1-6-8-13(15)14(18)16-9-7-10-17(11(2)3)12(4)5/h11-13H,6-10,15H2,1-5H3,(H,16,18). The van der Waals surface area contributed by atoms with Gasteiger partial charge >= 0.3 is 0 Å². The van der Waals surface area contributed by atoms with E-state index in [1.807, 2.05) is 6.92 Å². The van der Waals surface area contributed by atoms with E-state index in [0.29, 0.717) is 18.6 Å². The van der Waals surface area contributed by atoms with Gasteiger partial charge in [0, 0.05) is 25.2 Å². The third-order valence-electron chi connectivity index (χ3n) is 3.16. The predicted molar refractivity (Wildman–Crippen MR) is 77.5 cm³/mol. The summed E-state index contributed by atoms with van der Waals surface area (Å²) in [6.07, 6.45) is 2.68. The average Bonchev–Trinajstić information content (AvgIpc) is 2.27. The number of carbonyl (C=O) groups is 1. The van der Waals surface area contributed by atoms with Crippen molar-refractivity contribution in [3.63, 3.8) is 0 Å². The molecule has 0 radical (unpaired) electrons. The first-order valence-corrected chi connectivity index (χ1v) is 7.19. The smallest absolute Gasteiger partial charge is 0.236 e. The van der Waals surface area contributed by atoms with Crippen LogP contribution in [0.4, 0.5) is 0 Å². The summed E-state index contributed by atoms with van der Waals surface area (Å²) in [6, 6.07) is 0.743. The Kier molecular flexibility index (Phi) is 9.02. The highest BCUT2D eigenvalue weighted by Gasteiger charge is 2.14. The van der Waals surface area contributed by atoms with Crippen molar-refractivity contribution in [2.45, 2.75) is 72.0 Å². The lowest BCUT2D eigenvalue weighted by atomic mass is 10.1. The van der Waals surface area contributed by atoms with Crippen molar-refractivity contribution in [1.82, 2.24) is 10.2 Å². The van der Waals surface area contributed by atoms with Crippen LogP contribution < -0.4 is 11.1 Å². The summed E-state index contributed by atoms with van der Waals surface area (Å²) in [5.41, 5.74) is 5.74. The van der Waals surface area contributed by atoms with Gasteiger partial charge in [0.15, 0.2) is 0 Å². The molecule has 0 fully saturated rings. The molecule has 4 heteroatoms. The molecule has 4 nitrogen and oxygen atoms in total. The molecule has 0 bridgehead atoms. The van der Waals surface area contributed by atoms with Gasteiger partial charge in [-0.3, -0.25) is 9.69 Å². The first kappa shape index (κ1) is 17.4. The minimum Gasteiger partial charge on any atom is -0.355 e. The number of carbonyl (C=O) groups excluding carboxylic acids is 1. The molecular formula is C14H31N3O. The SMILES string of the molecule is CCCC(N)C(=O)NCCCN(C(C)C)C(C)C. The largest absolute Gasteiger partial charge is 0.355 e. The number of hydrogen-bond acceptors (Lipinski definition) is 3. The lowest BCUT2D eigenvalue weighted by molar-refractivity contribution is -0.122. The molecule has 3 N–H and O–H groups in total. The maximum Gasteiger partial charge on any atom is 0.236 e. The summed E-state index contributed by atoms with van der Waals surface area (Å²) >= 11 is 0. The fourth-order valence-corrected chi connectivity index (χ4v) is 2.16. The molecule has 0 aliphatic carbocycles. The number of nitrogens with zero attached hydrogens (tertiary/aromatic N) is 1. The molecule has 0 rings (SSSR count). The normalized spacial score (nSPS) is 13.4. The fraction of sp³-hybridized carbons (Fsp3) is 0.929. The molecule has 0 aliphatic rings. The topological polar surface area (TPSA) is 58.4 Å². The van der Waals surface area contributed by atoms with Gasteiger partial charge < -0.3 is 11.1 Å². The van der Waals surface area contributed by atoms with Crippen molar-refractivity contribution in [2.24, 2.45) is 5.73 Å². The van der Waals surface area contributed by atoms with Crippen LogP contribution in [-0.4, -0.2) is 42.0 Å². The Hall–Kier alpha value is -0.610. The second-order valence-corrected chi connectivity index (χ2v) is 5.47. The zero-order valence-corrected chi connectivity index (χ0v) is 12.7. The van der Waals surface area contributed by atoms with Crippen molar-refractivity contribution in [2.75, 3.05) is 13.1 Å². The van der Waals surface area contributed by atoms with E-state index in [2.05, 4.69) is 37.9 Å². The maximum atomic E-state index is 11.6. The minimum atomic E-state index is -0.346. The molecule has 0 heterocycles. The molecule has 0 aromatic rings. The number of rotatable bonds is 9. The van der Waals surface area contributed by atoms with Crippen LogP contribution >= 0.6 is 0 Å². The van der Waals surface area contributed by atoms with E-state index < -0.39 is 0 Å². The van der Waals surface area contributed by atoms with Gasteiger partial charge in [-0.25, -0.2) is 0 Å². The molecule has 0 aromatic heterocycles. The summed E-state index contributed by atoms with van der Waals surface area (Å²) in [5, 5.41) is 2.91. The van der Waals surface area contributed by atoms with Gasteiger partial charge in [-0.15, -0.1) is 0 Å². The van der Waals surface area contributed by atoms with Crippen molar-refractivity contribution in [3.8, 4) is 0 Å². The van der Waals surface area contributed by atoms with Crippen LogP contribution in [0.2, 0.25) is 0 Å². The number of hydrogen-bond donors (Lipinski definition) is 2. The van der Waals surface area contributed by atoms with E-state index in [4.69, 9.17) is 5.73 Å². The molecular weight excluding hydrogens is 226 g/mol. The third-order valence-corrected chi connectivity index (χ3v) is 3.16. The molecule has 0 aromatic carbocycles. The first-order valence-electron chi connectivity index (χ1n) is 7.19. The molecule has 1 unspecified atom stereocenters. The fourth-order valence-electron chi connectivity index (χ4n) is 2.16. The van der Waals surface area contributed by atoms with Gasteiger partial charge in [-0.05, 0) is 40.5 Å². The summed E-state index contributed by atoms with van der Waals surface area (Å²) in [7, 11) is 0. The van der Waals surface area contributed by atoms with Crippen molar-refractivity contribution in [1.29, 1.82) is 0 Å². The van der Waals surface area contributed by atoms with Crippen LogP contribution in [0.3, 0.4) is 0 Å². The van der Waals surface area contributed by atoms with Crippen LogP contribution in [0.5, 0.6) is 0 Å². The predicted octanol–water partition coefficient (Wildman–Crippen LogP) is 1.74. The van der Waals surface area contributed by atoms with Gasteiger partial charge in [0.1, 0.15) is 0 Å². The number of nitrogens with one attached hydrogen (secondary N) is 1. The van der Waals surface area contributed by atoms with E-state index in [1.165, 1.54) is 0 Å². The zero-order valence-electron chi connectivity index (χ0n) is 12.7. The van der Waals surface area contributed by atoms with Gasteiger partial charge in [0.25, 0.3) is 0 Å². The highest BCUT2D eigenvalue weighted by molar-refractivity contribution is 5.81. The summed E-state index contributed by atoms with van der Waals surface area (Å²) in [5.74, 6) is -0.0162. The number of amides is 1. The average molecular weight is 257 g/mol. The van der Waals surface area contributed by atoms with Crippen LogP contribution in [-0.2, 0) is 4.79 Å². The van der Waals surface area contributed by atoms with Gasteiger partial charge in [0.2, 0.25) is 5.91 Å². The summed E-state index contributed by atoms with van der Waals surface area (Å²) in [4.78, 5) is 14.0. The second-order valence-electron chi connectivity index (χ2n) is 5.47. The van der Waals surface area contributed by atoms with Crippen LogP contribution in [0.1, 0.15) is 53.9 Å². The molecule has 0 saturated heterocycles. The molecule has 18 heavy (non-hydrogen) atoms.